The Kier molecular flexibility index (Phi) is 6.48. The number of furan rings is 1. The highest BCUT2D eigenvalue weighted by Gasteiger charge is 2.34. The predicted molar refractivity (Wildman–Crippen MR) is 211 cm³/mol. The van der Waals surface area contributed by atoms with Crippen LogP contribution in [0.1, 0.15) is 11.8 Å². The van der Waals surface area contributed by atoms with E-state index in [0.717, 1.165) is 77.6 Å². The van der Waals surface area contributed by atoms with Crippen molar-refractivity contribution >= 4 is 55.1 Å². The van der Waals surface area contributed by atoms with E-state index in [4.69, 9.17) is 24.1 Å². The van der Waals surface area contributed by atoms with Crippen LogP contribution in [0.15, 0.2) is 174 Å². The lowest BCUT2D eigenvalue weighted by molar-refractivity contribution is 0.240. The third-order valence-electron chi connectivity index (χ3n) is 10.1. The second-order valence-electron chi connectivity index (χ2n) is 13.2. The Hall–Kier alpha value is -7.25. The van der Waals surface area contributed by atoms with E-state index in [1.165, 1.54) is 0 Å². The van der Waals surface area contributed by atoms with Gasteiger partial charge in [0.25, 0.3) is 0 Å². The maximum atomic E-state index is 6.72. The van der Waals surface area contributed by atoms with E-state index in [1.54, 1.807) is 0 Å². The van der Waals surface area contributed by atoms with Gasteiger partial charge in [-0.15, -0.1) is 0 Å². The summed E-state index contributed by atoms with van der Waals surface area (Å²) in [7, 11) is 0. The molecule has 1 aliphatic heterocycles. The van der Waals surface area contributed by atoms with Crippen molar-refractivity contribution in [3.05, 3.63) is 175 Å². The first-order valence-corrected chi connectivity index (χ1v) is 17.6. The fourth-order valence-corrected chi connectivity index (χ4v) is 7.69. The summed E-state index contributed by atoms with van der Waals surface area (Å²) in [5.74, 6) is 2.54. The summed E-state index contributed by atoms with van der Waals surface area (Å²) in [6.07, 6.45) is -0.327. The van der Waals surface area contributed by atoms with Crippen molar-refractivity contribution in [2.45, 2.75) is 6.23 Å². The van der Waals surface area contributed by atoms with E-state index >= 15 is 0 Å². The smallest absolute Gasteiger partial charge is 0.238 e. The molecule has 250 valence electrons. The number of para-hydroxylation sites is 3. The highest BCUT2D eigenvalue weighted by Crippen LogP contribution is 2.49. The average molecular weight is 684 g/mol. The molecule has 0 bridgehead atoms. The first-order chi connectivity index (χ1) is 26.3. The Bertz CT molecular complexity index is 2940. The van der Waals surface area contributed by atoms with Crippen molar-refractivity contribution < 1.29 is 9.15 Å². The molecule has 7 heteroatoms. The number of ether oxygens (including phenoxy) is 1. The van der Waals surface area contributed by atoms with Crippen molar-refractivity contribution in [1.82, 2.24) is 19.5 Å². The normalized spacial score (nSPS) is 14.0. The SMILES string of the molecule is c1ccc(-c2nc(-c3ccccc3)nc(-n3c4ccc(N5c6ccccc6OC5c5ccccc5)cc4c4ccc5c6ccccc6oc5c43)n2)cc1. The lowest BCUT2D eigenvalue weighted by atomic mass is 10.1. The van der Waals surface area contributed by atoms with Crippen molar-refractivity contribution in [3.63, 3.8) is 0 Å². The molecule has 0 radical (unpaired) electrons. The molecule has 0 saturated carbocycles. The number of hydrogen-bond acceptors (Lipinski definition) is 6. The summed E-state index contributed by atoms with van der Waals surface area (Å²) >= 11 is 0. The minimum Gasteiger partial charge on any atom is -0.464 e. The summed E-state index contributed by atoms with van der Waals surface area (Å²) in [4.78, 5) is 17.6. The number of aromatic nitrogens is 4. The van der Waals surface area contributed by atoms with Crippen LogP contribution in [-0.4, -0.2) is 19.5 Å². The van der Waals surface area contributed by atoms with E-state index in [1.807, 2.05) is 97.1 Å². The summed E-state index contributed by atoms with van der Waals surface area (Å²) < 4.78 is 15.5. The lowest BCUT2D eigenvalue weighted by Gasteiger charge is -2.26. The highest BCUT2D eigenvalue weighted by atomic mass is 16.5. The maximum absolute atomic E-state index is 6.72. The standard InChI is InChI=1S/C46H29N5O2/c1-4-14-29(15-5-1)43-47-44(30-16-6-2-7-17-30)49-46(48-43)51-37-27-24-32(50-38-21-11-13-23-40(38)53-45(50)31-18-8-3-9-19-31)28-36(37)34-25-26-35-33-20-10-12-22-39(33)52-42(35)41(34)51/h1-28,45H. The molecule has 3 aromatic heterocycles. The second kappa shape index (κ2) is 11.6. The molecule has 0 spiro atoms. The van der Waals surface area contributed by atoms with Gasteiger partial charge in [-0.2, -0.15) is 9.97 Å². The van der Waals surface area contributed by atoms with Crippen molar-refractivity contribution in [2.24, 2.45) is 0 Å². The Morgan fingerprint density at radius 3 is 1.91 bits per heavy atom. The van der Waals surface area contributed by atoms with Crippen molar-refractivity contribution in [3.8, 4) is 34.5 Å². The first kappa shape index (κ1) is 29.5. The zero-order valence-corrected chi connectivity index (χ0v) is 28.3. The summed E-state index contributed by atoms with van der Waals surface area (Å²) in [6, 6.07) is 57.8. The molecule has 7 aromatic carbocycles. The van der Waals surface area contributed by atoms with Crippen LogP contribution in [0.4, 0.5) is 11.4 Å². The zero-order valence-electron chi connectivity index (χ0n) is 28.3. The van der Waals surface area contributed by atoms with Gasteiger partial charge in [-0.05, 0) is 42.5 Å². The monoisotopic (exact) mass is 683 g/mol. The summed E-state index contributed by atoms with van der Waals surface area (Å²) in [5.41, 5.74) is 8.36. The van der Waals surface area contributed by atoms with Crippen LogP contribution in [0.5, 0.6) is 5.75 Å². The van der Waals surface area contributed by atoms with Gasteiger partial charge in [-0.1, -0.05) is 127 Å². The average Bonchev–Trinajstić information content (AvgIpc) is 3.91. The molecule has 0 aliphatic carbocycles. The van der Waals surface area contributed by atoms with Gasteiger partial charge >= 0.3 is 0 Å². The number of benzene rings is 7. The minimum absolute atomic E-state index is 0.327. The molecule has 0 amide bonds. The van der Waals surface area contributed by atoms with E-state index < -0.39 is 0 Å². The van der Waals surface area contributed by atoms with Gasteiger partial charge in [0.15, 0.2) is 17.2 Å². The van der Waals surface area contributed by atoms with Gasteiger partial charge in [0.1, 0.15) is 16.8 Å². The number of fused-ring (bicyclic) bond motifs is 8. The number of anilines is 2. The van der Waals surface area contributed by atoms with Crippen LogP contribution in [0, 0.1) is 0 Å². The molecule has 0 N–H and O–H groups in total. The molecule has 1 aliphatic rings. The van der Waals surface area contributed by atoms with E-state index in [9.17, 15) is 0 Å². The van der Waals surface area contributed by atoms with E-state index in [-0.39, 0.29) is 6.23 Å². The molecule has 1 atom stereocenters. The minimum atomic E-state index is -0.327. The van der Waals surface area contributed by atoms with Crippen molar-refractivity contribution in [1.29, 1.82) is 0 Å². The number of hydrogen-bond donors (Lipinski definition) is 0. The molecule has 11 rings (SSSR count). The maximum Gasteiger partial charge on any atom is 0.238 e. The molecule has 53 heavy (non-hydrogen) atoms. The molecule has 1 unspecified atom stereocenters. The molecule has 10 aromatic rings. The second-order valence-corrected chi connectivity index (χ2v) is 13.2. The molecular weight excluding hydrogens is 655 g/mol. The molecule has 0 saturated heterocycles. The molecule has 7 nitrogen and oxygen atoms in total. The highest BCUT2D eigenvalue weighted by molar-refractivity contribution is 6.21. The Morgan fingerprint density at radius 1 is 0.509 bits per heavy atom. The van der Waals surface area contributed by atoms with Gasteiger partial charge in [-0.3, -0.25) is 9.47 Å². The molecular formula is C46H29N5O2. The molecule has 4 heterocycles. The number of rotatable bonds is 5. The van der Waals surface area contributed by atoms with Crippen LogP contribution in [0.25, 0.3) is 72.5 Å². The first-order valence-electron chi connectivity index (χ1n) is 17.6. The van der Waals surface area contributed by atoms with E-state index in [0.29, 0.717) is 17.6 Å². The quantitative estimate of drug-likeness (QED) is 0.180. The van der Waals surface area contributed by atoms with Crippen LogP contribution < -0.4 is 9.64 Å². The third kappa shape index (κ3) is 4.64. The van der Waals surface area contributed by atoms with Gasteiger partial charge in [0, 0.05) is 43.9 Å². The van der Waals surface area contributed by atoms with Crippen LogP contribution in [0.3, 0.4) is 0 Å². The predicted octanol–water partition coefficient (Wildman–Crippen LogP) is 11.4. The Labute approximate surface area is 304 Å². The fraction of sp³-hybridized carbons (Fsp3) is 0.0217. The summed E-state index contributed by atoms with van der Waals surface area (Å²) in [6.45, 7) is 0. The van der Waals surface area contributed by atoms with Gasteiger partial charge < -0.3 is 9.15 Å². The lowest BCUT2D eigenvalue weighted by Crippen LogP contribution is -2.22. The largest absolute Gasteiger partial charge is 0.464 e. The zero-order chi connectivity index (χ0) is 34.9. The number of nitrogens with zero attached hydrogens (tertiary/aromatic N) is 5. The summed E-state index contributed by atoms with van der Waals surface area (Å²) in [5, 5.41) is 4.16. The van der Waals surface area contributed by atoms with Gasteiger partial charge in [0.2, 0.25) is 12.2 Å². The van der Waals surface area contributed by atoms with Crippen LogP contribution in [-0.2, 0) is 0 Å². The van der Waals surface area contributed by atoms with Crippen LogP contribution >= 0.6 is 0 Å². The van der Waals surface area contributed by atoms with Gasteiger partial charge in [0.05, 0.1) is 11.2 Å². The third-order valence-corrected chi connectivity index (χ3v) is 10.1. The topological polar surface area (TPSA) is 69.2 Å². The van der Waals surface area contributed by atoms with Crippen molar-refractivity contribution in [2.75, 3.05) is 4.90 Å². The van der Waals surface area contributed by atoms with Gasteiger partial charge in [-0.25, -0.2) is 4.98 Å². The van der Waals surface area contributed by atoms with E-state index in [2.05, 4.69) is 82.3 Å². The Morgan fingerprint density at radius 2 is 1.15 bits per heavy atom. The van der Waals surface area contributed by atoms with Crippen LogP contribution in [0.2, 0.25) is 0 Å². The fourth-order valence-electron chi connectivity index (χ4n) is 7.69. The Balaban J connectivity index is 1.21. The molecule has 0 fully saturated rings.